The molecular weight excluding hydrogens is 243 g/mol. The van der Waals surface area contributed by atoms with E-state index < -0.39 is 10.4 Å². The van der Waals surface area contributed by atoms with Crippen LogP contribution >= 0.6 is 0 Å². The first-order valence-corrected chi connectivity index (χ1v) is 5.47. The third-order valence-electron chi connectivity index (χ3n) is 1.82. The van der Waals surface area contributed by atoms with Crippen molar-refractivity contribution in [1.82, 2.24) is 0 Å². The van der Waals surface area contributed by atoms with Gasteiger partial charge >= 0.3 is 29.6 Å². The van der Waals surface area contributed by atoms with Gasteiger partial charge in [-0.25, -0.2) is 8.42 Å². The van der Waals surface area contributed by atoms with Crippen molar-refractivity contribution in [2.24, 2.45) is 0 Å². The largest absolute Gasteiger partial charge is 1.00 e. The van der Waals surface area contributed by atoms with Gasteiger partial charge in [-0.2, -0.15) is 0 Å². The van der Waals surface area contributed by atoms with Crippen LogP contribution < -0.4 is 38.5 Å². The molecule has 0 atom stereocenters. The Kier molecular flexibility index (Phi) is 4.40. The van der Waals surface area contributed by atoms with Crippen molar-refractivity contribution >= 4 is 16.5 Å². The summed E-state index contributed by atoms with van der Waals surface area (Å²) < 4.78 is 40.4. The van der Waals surface area contributed by atoms with Crippen LogP contribution in [-0.2, 0) is 10.4 Å². The van der Waals surface area contributed by atoms with E-state index in [-0.39, 0.29) is 35.3 Å². The van der Waals surface area contributed by atoms with Crippen molar-refractivity contribution in [2.75, 3.05) is 6.61 Å². The fraction of sp³-hybridized carbons (Fsp3) is 0.111. The molecule has 80 valence electrons. The number of rotatable bonds is 2. The third kappa shape index (κ3) is 3.50. The molecule has 0 aliphatic carbocycles. The quantitative estimate of drug-likeness (QED) is 0.342. The van der Waals surface area contributed by atoms with E-state index >= 15 is 0 Å². The molecule has 0 aromatic heterocycles. The first-order valence-electron chi connectivity index (χ1n) is 4.13. The minimum Gasteiger partial charge on any atom is -0.716 e. The number of hydrogen-bond acceptors (Lipinski definition) is 5. The van der Waals surface area contributed by atoms with E-state index in [1.54, 1.807) is 6.07 Å². The van der Waals surface area contributed by atoms with E-state index in [0.29, 0.717) is 12.4 Å². The average Bonchev–Trinajstić information content (AvgIpc) is 2.15. The van der Waals surface area contributed by atoms with Gasteiger partial charge in [-0.15, -0.1) is 0 Å². The van der Waals surface area contributed by atoms with Gasteiger partial charge in [-0.05, 0) is 18.2 Å². The van der Waals surface area contributed by atoms with Crippen molar-refractivity contribution in [3.05, 3.63) is 29.8 Å². The second-order valence-corrected chi connectivity index (χ2v) is 3.89. The molecule has 1 aliphatic rings. The van der Waals surface area contributed by atoms with E-state index in [0.717, 1.165) is 5.56 Å². The Morgan fingerprint density at radius 2 is 2.12 bits per heavy atom. The van der Waals surface area contributed by atoms with E-state index in [1.807, 2.05) is 12.2 Å². The van der Waals surface area contributed by atoms with Crippen LogP contribution in [0.4, 0.5) is 0 Å². The van der Waals surface area contributed by atoms with Crippen LogP contribution in [0.2, 0.25) is 0 Å². The van der Waals surface area contributed by atoms with Crippen LogP contribution in [-0.4, -0.2) is 19.6 Å². The molecule has 7 heteroatoms. The van der Waals surface area contributed by atoms with Gasteiger partial charge < -0.3 is 13.5 Å². The Labute approximate surface area is 115 Å². The van der Waals surface area contributed by atoms with Crippen LogP contribution in [0, 0.1) is 0 Å². The van der Waals surface area contributed by atoms with Gasteiger partial charge in [-0.1, -0.05) is 6.08 Å². The summed E-state index contributed by atoms with van der Waals surface area (Å²) in [6.45, 7) is 0.417. The number of hydrogen-bond donors (Lipinski definition) is 0. The SMILES string of the molecule is O=S(=O)([O-])Oc1ccc2c(c1)OCC=C2.[Na+]. The van der Waals surface area contributed by atoms with Gasteiger partial charge in [0.2, 0.25) is 0 Å². The Hall–Kier alpha value is -0.530. The normalized spacial score (nSPS) is 13.3. The Balaban J connectivity index is 0.00000128. The molecule has 2 rings (SSSR count). The summed E-state index contributed by atoms with van der Waals surface area (Å²) in [6.07, 6.45) is 3.67. The molecular formula is C9H7NaO5S. The molecule has 1 aromatic rings. The molecule has 0 amide bonds. The molecule has 0 spiro atoms. The summed E-state index contributed by atoms with van der Waals surface area (Å²) in [5, 5.41) is 0. The van der Waals surface area contributed by atoms with Gasteiger partial charge in [0, 0.05) is 11.6 Å². The summed E-state index contributed by atoms with van der Waals surface area (Å²) in [5.74, 6) is 0.456. The van der Waals surface area contributed by atoms with Crippen LogP contribution in [0.5, 0.6) is 11.5 Å². The fourth-order valence-electron chi connectivity index (χ4n) is 1.26. The van der Waals surface area contributed by atoms with Gasteiger partial charge in [-0.3, -0.25) is 0 Å². The van der Waals surface area contributed by atoms with Crippen LogP contribution in [0.25, 0.3) is 6.08 Å². The smallest absolute Gasteiger partial charge is 0.716 e. The average molecular weight is 250 g/mol. The third-order valence-corrected chi connectivity index (χ3v) is 2.21. The first kappa shape index (κ1) is 13.5. The monoisotopic (exact) mass is 250 g/mol. The number of benzene rings is 1. The van der Waals surface area contributed by atoms with Gasteiger partial charge in [0.05, 0.1) is 0 Å². The maximum atomic E-state index is 10.3. The molecule has 1 aromatic carbocycles. The summed E-state index contributed by atoms with van der Waals surface area (Å²) in [4.78, 5) is 0. The molecule has 16 heavy (non-hydrogen) atoms. The first-order chi connectivity index (χ1) is 7.04. The topological polar surface area (TPSA) is 75.7 Å². The van der Waals surface area contributed by atoms with Crippen LogP contribution in [0.1, 0.15) is 5.56 Å². The predicted molar refractivity (Wildman–Crippen MR) is 51.3 cm³/mol. The summed E-state index contributed by atoms with van der Waals surface area (Å²) in [6, 6.07) is 4.38. The molecule has 0 unspecified atom stereocenters. The van der Waals surface area contributed by atoms with Crippen molar-refractivity contribution in [2.45, 2.75) is 0 Å². The van der Waals surface area contributed by atoms with E-state index in [4.69, 9.17) is 4.74 Å². The molecule has 0 fully saturated rings. The van der Waals surface area contributed by atoms with Gasteiger partial charge in [0.25, 0.3) is 10.4 Å². The van der Waals surface area contributed by atoms with Crippen molar-refractivity contribution < 1.29 is 51.4 Å². The number of ether oxygens (including phenoxy) is 1. The summed E-state index contributed by atoms with van der Waals surface area (Å²) in [5.41, 5.74) is 0.817. The Morgan fingerprint density at radius 1 is 1.38 bits per heavy atom. The van der Waals surface area contributed by atoms with Crippen molar-refractivity contribution in [1.29, 1.82) is 0 Å². The fourth-order valence-corrected chi connectivity index (χ4v) is 1.60. The van der Waals surface area contributed by atoms with E-state index in [9.17, 15) is 13.0 Å². The zero-order valence-corrected chi connectivity index (χ0v) is 11.4. The molecule has 0 bridgehead atoms. The van der Waals surface area contributed by atoms with Gasteiger partial charge in [0.15, 0.2) is 0 Å². The maximum absolute atomic E-state index is 10.3. The predicted octanol–water partition coefficient (Wildman–Crippen LogP) is -2.06. The molecule has 0 N–H and O–H groups in total. The van der Waals surface area contributed by atoms with Crippen molar-refractivity contribution in [3.8, 4) is 11.5 Å². The molecule has 1 aliphatic heterocycles. The second kappa shape index (κ2) is 5.20. The minimum atomic E-state index is -4.73. The number of fused-ring (bicyclic) bond motifs is 1. The minimum absolute atomic E-state index is 0. The summed E-state index contributed by atoms with van der Waals surface area (Å²) in [7, 11) is -4.73. The zero-order chi connectivity index (χ0) is 10.9. The molecule has 1 heterocycles. The molecule has 0 radical (unpaired) electrons. The Bertz CT molecular complexity index is 509. The standard InChI is InChI=1S/C9H8O5S.Na/c10-15(11,12)14-8-4-3-7-2-1-5-13-9(7)6-8;/h1-4,6H,5H2,(H,10,11,12);/q;+1/p-1. The molecule has 5 nitrogen and oxygen atoms in total. The van der Waals surface area contributed by atoms with Crippen LogP contribution in [0.15, 0.2) is 24.3 Å². The second-order valence-electron chi connectivity index (χ2n) is 2.90. The molecule has 0 saturated heterocycles. The Morgan fingerprint density at radius 3 is 2.81 bits per heavy atom. The molecule has 0 saturated carbocycles. The summed E-state index contributed by atoms with van der Waals surface area (Å²) >= 11 is 0. The van der Waals surface area contributed by atoms with Gasteiger partial charge in [0.1, 0.15) is 18.1 Å². The van der Waals surface area contributed by atoms with Crippen molar-refractivity contribution in [3.63, 3.8) is 0 Å². The van der Waals surface area contributed by atoms with Crippen LogP contribution in [0.3, 0.4) is 0 Å². The van der Waals surface area contributed by atoms with E-state index in [2.05, 4.69) is 4.18 Å². The maximum Gasteiger partial charge on any atom is 1.00 e. The zero-order valence-electron chi connectivity index (χ0n) is 8.54. The van der Waals surface area contributed by atoms with E-state index in [1.165, 1.54) is 12.1 Å².